The van der Waals surface area contributed by atoms with Crippen LogP contribution in [0.15, 0.2) is 6.07 Å². The number of anilines is 3. The average Bonchev–Trinajstić information content (AvgIpc) is 3.39. The van der Waals surface area contributed by atoms with E-state index in [1.54, 1.807) is 0 Å². The summed E-state index contributed by atoms with van der Waals surface area (Å²) < 4.78 is 0. The first kappa shape index (κ1) is 22.6. The smallest absolute Gasteiger partial charge is 0.335 e. The van der Waals surface area contributed by atoms with E-state index < -0.39 is 24.1 Å². The van der Waals surface area contributed by atoms with Crippen LogP contribution in [-0.4, -0.2) is 87.3 Å². The summed E-state index contributed by atoms with van der Waals surface area (Å²) in [6, 6.07) is 2.55. The van der Waals surface area contributed by atoms with Crippen LogP contribution in [0, 0.1) is 5.92 Å². The molecule has 0 spiro atoms. The van der Waals surface area contributed by atoms with Gasteiger partial charge >= 0.3 is 11.9 Å². The highest BCUT2D eigenvalue weighted by Gasteiger charge is 2.29. The number of hydrogen-bond donors (Lipinski definition) is 7. The molecule has 2 aliphatic rings. The Morgan fingerprint density at radius 1 is 1.21 bits per heavy atom. The van der Waals surface area contributed by atoms with E-state index in [-0.39, 0.29) is 0 Å². The standard InChI is InChI=1S/C13H22N6.C4H6O6/c1-15-10-4-5-19(8-10)12-6-11(17-13(14)18-12)16-7-9-2-3-9;5-1(3(7)8)2(6)4(9)10/h6,9-10,15H,2-5,7-8H2,1H3,(H3,14,16,17,18);1-2,5-6H,(H,7,8)(H,9,10)/t10-;1-,2-/m11/s1. The lowest BCUT2D eigenvalue weighted by molar-refractivity contribution is -0.165. The number of hydrogen-bond acceptors (Lipinski definition) is 10. The molecule has 2 fully saturated rings. The molecule has 1 aliphatic carbocycles. The van der Waals surface area contributed by atoms with Gasteiger partial charge in [0.15, 0.2) is 12.2 Å². The van der Waals surface area contributed by atoms with Crippen molar-refractivity contribution >= 4 is 29.5 Å². The molecule has 12 heteroatoms. The number of aliphatic hydroxyl groups excluding tert-OH is 2. The Bertz CT molecular complexity index is 698. The number of rotatable bonds is 8. The molecule has 1 aromatic rings. The number of aliphatic hydroxyl groups is 2. The summed E-state index contributed by atoms with van der Waals surface area (Å²) in [6.45, 7) is 2.99. The van der Waals surface area contributed by atoms with E-state index in [2.05, 4.69) is 25.5 Å². The number of nitrogens with one attached hydrogen (secondary N) is 2. The number of likely N-dealkylation sites (N-methyl/N-ethyl adjacent to an activating group) is 1. The van der Waals surface area contributed by atoms with Crippen LogP contribution in [-0.2, 0) is 9.59 Å². The third kappa shape index (κ3) is 7.00. The monoisotopic (exact) mass is 412 g/mol. The maximum absolute atomic E-state index is 9.77. The van der Waals surface area contributed by atoms with Crippen molar-refractivity contribution in [3.05, 3.63) is 6.07 Å². The third-order valence-corrected chi connectivity index (χ3v) is 4.72. The van der Waals surface area contributed by atoms with Crippen LogP contribution in [0.1, 0.15) is 19.3 Å². The highest BCUT2D eigenvalue weighted by Crippen LogP contribution is 2.29. The second-order valence-corrected chi connectivity index (χ2v) is 7.08. The molecule has 12 nitrogen and oxygen atoms in total. The Labute approximate surface area is 167 Å². The predicted octanol–water partition coefficient (Wildman–Crippen LogP) is -1.44. The van der Waals surface area contributed by atoms with Crippen LogP contribution in [0.2, 0.25) is 0 Å². The summed E-state index contributed by atoms with van der Waals surface area (Å²) in [6.07, 6.45) is -0.729. The number of carboxylic acid groups (broad SMARTS) is 2. The molecule has 1 aliphatic heterocycles. The van der Waals surface area contributed by atoms with Gasteiger partial charge in [-0.05, 0) is 32.2 Å². The molecule has 0 unspecified atom stereocenters. The molecule has 3 atom stereocenters. The molecular weight excluding hydrogens is 384 g/mol. The number of nitrogens with two attached hydrogens (primary N) is 1. The summed E-state index contributed by atoms with van der Waals surface area (Å²) in [5.41, 5.74) is 5.81. The topological polar surface area (TPSA) is 194 Å². The van der Waals surface area contributed by atoms with Crippen molar-refractivity contribution in [2.45, 2.75) is 37.5 Å². The number of nitrogen functional groups attached to an aromatic ring is 1. The zero-order valence-corrected chi connectivity index (χ0v) is 16.2. The van der Waals surface area contributed by atoms with Gasteiger partial charge in [-0.15, -0.1) is 0 Å². The Kier molecular flexibility index (Phi) is 7.93. The SMILES string of the molecule is CN[C@@H]1CCN(c2cc(NCC3CC3)nc(N)n2)C1.O=C(O)[C@H](O)[C@@H](O)C(=O)O. The summed E-state index contributed by atoms with van der Waals surface area (Å²) in [7, 11) is 2.01. The van der Waals surface area contributed by atoms with Crippen LogP contribution in [0.5, 0.6) is 0 Å². The maximum atomic E-state index is 9.77. The molecule has 1 saturated carbocycles. The zero-order valence-electron chi connectivity index (χ0n) is 16.2. The first-order valence-electron chi connectivity index (χ1n) is 9.33. The van der Waals surface area contributed by atoms with E-state index in [0.717, 1.165) is 43.6 Å². The van der Waals surface area contributed by atoms with Crippen LogP contribution < -0.4 is 21.3 Å². The van der Waals surface area contributed by atoms with Crippen LogP contribution in [0.3, 0.4) is 0 Å². The summed E-state index contributed by atoms with van der Waals surface area (Å²) >= 11 is 0. The minimum Gasteiger partial charge on any atom is -0.479 e. The highest BCUT2D eigenvalue weighted by molar-refractivity contribution is 5.83. The molecule has 3 rings (SSSR count). The molecule has 0 amide bonds. The number of nitrogens with zero attached hydrogens (tertiary/aromatic N) is 3. The molecule has 2 heterocycles. The van der Waals surface area contributed by atoms with Crippen LogP contribution in [0.4, 0.5) is 17.6 Å². The lowest BCUT2D eigenvalue weighted by Crippen LogP contribution is -2.39. The molecule has 0 bridgehead atoms. The molecular formula is C17H28N6O6. The average molecular weight is 412 g/mol. The lowest BCUT2D eigenvalue weighted by Gasteiger charge is -2.18. The van der Waals surface area contributed by atoms with Crippen molar-refractivity contribution in [1.82, 2.24) is 15.3 Å². The van der Waals surface area contributed by atoms with Crippen molar-refractivity contribution in [1.29, 1.82) is 0 Å². The van der Waals surface area contributed by atoms with E-state index in [4.69, 9.17) is 26.2 Å². The van der Waals surface area contributed by atoms with Crippen LogP contribution >= 0.6 is 0 Å². The van der Waals surface area contributed by atoms with Crippen molar-refractivity contribution in [3.63, 3.8) is 0 Å². The van der Waals surface area contributed by atoms with Gasteiger partial charge in [0.1, 0.15) is 11.6 Å². The van der Waals surface area contributed by atoms with Gasteiger partial charge in [-0.2, -0.15) is 9.97 Å². The van der Waals surface area contributed by atoms with Gasteiger partial charge in [0.05, 0.1) is 0 Å². The predicted molar refractivity (Wildman–Crippen MR) is 105 cm³/mol. The van der Waals surface area contributed by atoms with E-state index in [1.807, 2.05) is 13.1 Å². The Hall–Kier alpha value is -2.70. The van der Waals surface area contributed by atoms with Gasteiger partial charge in [-0.3, -0.25) is 0 Å². The van der Waals surface area contributed by atoms with E-state index in [0.29, 0.717) is 12.0 Å². The molecule has 0 aromatic carbocycles. The second kappa shape index (κ2) is 10.2. The summed E-state index contributed by atoms with van der Waals surface area (Å²) in [5.74, 6) is -0.584. The number of carbonyl (C=O) groups is 2. The molecule has 1 saturated heterocycles. The lowest BCUT2D eigenvalue weighted by atomic mass is 10.2. The van der Waals surface area contributed by atoms with Gasteiger partial charge in [0, 0.05) is 31.7 Å². The van der Waals surface area contributed by atoms with E-state index in [1.165, 1.54) is 12.8 Å². The van der Waals surface area contributed by atoms with Crippen molar-refractivity contribution in [2.75, 3.05) is 42.6 Å². The molecule has 8 N–H and O–H groups in total. The fourth-order valence-corrected chi connectivity index (χ4v) is 2.75. The quantitative estimate of drug-likeness (QED) is 0.263. The van der Waals surface area contributed by atoms with Gasteiger partial charge in [0.25, 0.3) is 0 Å². The first-order valence-corrected chi connectivity index (χ1v) is 9.33. The highest BCUT2D eigenvalue weighted by atomic mass is 16.4. The molecule has 0 radical (unpaired) electrons. The second-order valence-electron chi connectivity index (χ2n) is 7.08. The van der Waals surface area contributed by atoms with Gasteiger partial charge in [0.2, 0.25) is 5.95 Å². The number of aromatic nitrogens is 2. The van der Waals surface area contributed by atoms with E-state index >= 15 is 0 Å². The Morgan fingerprint density at radius 3 is 2.31 bits per heavy atom. The Balaban J connectivity index is 0.000000257. The fourth-order valence-electron chi connectivity index (χ4n) is 2.75. The minimum atomic E-state index is -2.27. The largest absolute Gasteiger partial charge is 0.479 e. The molecule has 29 heavy (non-hydrogen) atoms. The molecule has 162 valence electrons. The van der Waals surface area contributed by atoms with Gasteiger partial charge < -0.3 is 41.7 Å². The zero-order chi connectivity index (χ0) is 21.6. The third-order valence-electron chi connectivity index (χ3n) is 4.72. The van der Waals surface area contributed by atoms with Crippen LogP contribution in [0.25, 0.3) is 0 Å². The van der Waals surface area contributed by atoms with Gasteiger partial charge in [-0.1, -0.05) is 0 Å². The van der Waals surface area contributed by atoms with E-state index in [9.17, 15) is 9.59 Å². The van der Waals surface area contributed by atoms with Gasteiger partial charge in [-0.25, -0.2) is 9.59 Å². The first-order chi connectivity index (χ1) is 13.7. The summed E-state index contributed by atoms with van der Waals surface area (Å²) in [4.78, 5) is 30.4. The van der Waals surface area contributed by atoms with Crippen molar-refractivity contribution < 1.29 is 30.0 Å². The normalized spacial score (nSPS) is 20.4. The fraction of sp³-hybridized carbons (Fsp3) is 0.647. The number of carboxylic acids is 2. The molecule has 1 aromatic heterocycles. The Morgan fingerprint density at radius 2 is 1.83 bits per heavy atom. The minimum absolute atomic E-state index is 0.351. The van der Waals surface area contributed by atoms with Crippen molar-refractivity contribution in [2.24, 2.45) is 5.92 Å². The summed E-state index contributed by atoms with van der Waals surface area (Å²) in [5, 5.41) is 39.2. The van der Waals surface area contributed by atoms with Crippen molar-refractivity contribution in [3.8, 4) is 0 Å². The maximum Gasteiger partial charge on any atom is 0.335 e. The number of aliphatic carboxylic acids is 2.